The topological polar surface area (TPSA) is 94.3 Å². The van der Waals surface area contributed by atoms with Gasteiger partial charge in [-0.15, -0.1) is 11.8 Å². The molecular formula is C27H21ClN4O3S. The van der Waals surface area contributed by atoms with E-state index < -0.39 is 17.2 Å². The molecule has 0 spiro atoms. The van der Waals surface area contributed by atoms with Gasteiger partial charge >= 0.3 is 0 Å². The molecule has 0 aliphatic carbocycles. The monoisotopic (exact) mass is 516 g/mol. The van der Waals surface area contributed by atoms with Gasteiger partial charge in [0.2, 0.25) is 5.56 Å². The number of H-pyrrole nitrogens is 1. The first kappa shape index (κ1) is 23.7. The second kappa shape index (κ2) is 10.3. The third-order valence-corrected chi connectivity index (χ3v) is 7.38. The van der Waals surface area contributed by atoms with Crippen LogP contribution in [-0.4, -0.2) is 27.1 Å². The number of amides is 2. The molecule has 0 saturated carbocycles. The van der Waals surface area contributed by atoms with Crippen molar-refractivity contribution >= 4 is 46.6 Å². The lowest BCUT2D eigenvalue weighted by atomic mass is 9.97. The van der Waals surface area contributed by atoms with E-state index >= 15 is 0 Å². The predicted octanol–water partition coefficient (Wildman–Crippen LogP) is 4.90. The highest BCUT2D eigenvalue weighted by Crippen LogP contribution is 2.37. The zero-order valence-corrected chi connectivity index (χ0v) is 20.4. The SMILES string of the molecule is O=C1NN(C(c2ccccc2)c2ccc(Nc3cc[nH]c(=O)c3)cc2)C(=O)C1Sc1ccccc1Cl. The number of rotatable bonds is 7. The summed E-state index contributed by atoms with van der Waals surface area (Å²) in [5.41, 5.74) is 5.68. The molecule has 1 saturated heterocycles. The van der Waals surface area contributed by atoms with Gasteiger partial charge in [0.15, 0.2) is 5.25 Å². The Hall–Kier alpha value is -4.01. The van der Waals surface area contributed by atoms with Crippen molar-refractivity contribution in [2.45, 2.75) is 16.2 Å². The summed E-state index contributed by atoms with van der Waals surface area (Å²) in [7, 11) is 0. The van der Waals surface area contributed by atoms with E-state index in [1.54, 1.807) is 30.5 Å². The van der Waals surface area contributed by atoms with Crippen LogP contribution in [0.1, 0.15) is 17.2 Å². The Bertz CT molecular complexity index is 1460. The summed E-state index contributed by atoms with van der Waals surface area (Å²) in [4.78, 5) is 41.2. The number of thioether (sulfide) groups is 1. The van der Waals surface area contributed by atoms with Gasteiger partial charge in [-0.2, -0.15) is 0 Å². The molecule has 1 aliphatic heterocycles. The van der Waals surface area contributed by atoms with Gasteiger partial charge in [-0.05, 0) is 41.5 Å². The van der Waals surface area contributed by atoms with Crippen LogP contribution in [0, 0.1) is 0 Å². The van der Waals surface area contributed by atoms with Crippen LogP contribution >= 0.6 is 23.4 Å². The molecule has 0 radical (unpaired) electrons. The molecule has 3 aromatic carbocycles. The van der Waals surface area contributed by atoms with Crippen LogP contribution in [0.4, 0.5) is 11.4 Å². The minimum absolute atomic E-state index is 0.201. The molecule has 2 atom stereocenters. The highest BCUT2D eigenvalue weighted by atomic mass is 35.5. The largest absolute Gasteiger partial charge is 0.355 e. The second-order valence-electron chi connectivity index (χ2n) is 8.11. The summed E-state index contributed by atoms with van der Waals surface area (Å²) in [5.74, 6) is -0.733. The number of aromatic amines is 1. The first-order valence-electron chi connectivity index (χ1n) is 11.1. The fourth-order valence-corrected chi connectivity index (χ4v) is 5.23. The van der Waals surface area contributed by atoms with Crippen LogP contribution in [-0.2, 0) is 9.59 Å². The summed E-state index contributed by atoms with van der Waals surface area (Å²) < 4.78 is 0. The molecule has 1 fully saturated rings. The van der Waals surface area contributed by atoms with Gasteiger partial charge < -0.3 is 10.3 Å². The maximum atomic E-state index is 13.5. The molecule has 0 bridgehead atoms. The van der Waals surface area contributed by atoms with E-state index in [0.29, 0.717) is 15.6 Å². The molecule has 180 valence electrons. The highest BCUT2D eigenvalue weighted by molar-refractivity contribution is 8.01. The smallest absolute Gasteiger partial charge is 0.265 e. The normalized spacial score (nSPS) is 16.0. The number of nitrogens with one attached hydrogen (secondary N) is 3. The summed E-state index contributed by atoms with van der Waals surface area (Å²) in [5, 5.41) is 4.12. The number of hydrogen-bond donors (Lipinski definition) is 3. The fraction of sp³-hybridized carbons (Fsp3) is 0.0741. The molecule has 4 aromatic rings. The maximum Gasteiger partial charge on any atom is 0.265 e. The summed E-state index contributed by atoms with van der Waals surface area (Å²) in [6, 6.07) is 26.9. The minimum atomic E-state index is -0.951. The summed E-state index contributed by atoms with van der Waals surface area (Å²) >= 11 is 7.40. The Kier molecular flexibility index (Phi) is 6.79. The van der Waals surface area contributed by atoms with Crippen molar-refractivity contribution in [2.24, 2.45) is 0 Å². The number of pyridine rings is 1. The van der Waals surface area contributed by atoms with E-state index in [9.17, 15) is 14.4 Å². The molecule has 1 aromatic heterocycles. The number of aromatic nitrogens is 1. The van der Waals surface area contributed by atoms with Crippen molar-refractivity contribution in [1.82, 2.24) is 15.4 Å². The van der Waals surface area contributed by atoms with Crippen LogP contribution in [0.15, 0.2) is 107 Å². The van der Waals surface area contributed by atoms with Crippen molar-refractivity contribution < 1.29 is 9.59 Å². The Morgan fingerprint density at radius 3 is 2.25 bits per heavy atom. The molecule has 9 heteroatoms. The second-order valence-corrected chi connectivity index (χ2v) is 9.67. The third-order valence-electron chi connectivity index (χ3n) is 5.68. The van der Waals surface area contributed by atoms with Crippen molar-refractivity contribution in [3.05, 3.63) is 124 Å². The van der Waals surface area contributed by atoms with Crippen molar-refractivity contribution in [3.8, 4) is 0 Å². The average molecular weight is 517 g/mol. The van der Waals surface area contributed by atoms with E-state index in [1.807, 2.05) is 60.7 Å². The third kappa shape index (κ3) is 5.00. The number of nitrogens with zero attached hydrogens (tertiary/aromatic N) is 1. The zero-order valence-electron chi connectivity index (χ0n) is 18.9. The van der Waals surface area contributed by atoms with Gasteiger partial charge in [0.25, 0.3) is 11.8 Å². The van der Waals surface area contributed by atoms with Crippen LogP contribution < -0.4 is 16.3 Å². The van der Waals surface area contributed by atoms with Gasteiger partial charge in [-0.3, -0.25) is 19.8 Å². The number of hydrazine groups is 1. The van der Waals surface area contributed by atoms with E-state index in [-0.39, 0.29) is 11.5 Å². The molecule has 3 N–H and O–H groups in total. The highest BCUT2D eigenvalue weighted by Gasteiger charge is 2.44. The molecular weight excluding hydrogens is 496 g/mol. The molecule has 7 nitrogen and oxygen atoms in total. The van der Waals surface area contributed by atoms with Gasteiger partial charge in [0.05, 0.1) is 5.02 Å². The van der Waals surface area contributed by atoms with E-state index in [4.69, 9.17) is 11.6 Å². The Morgan fingerprint density at radius 1 is 0.833 bits per heavy atom. The summed E-state index contributed by atoms with van der Waals surface area (Å²) in [6.45, 7) is 0. The van der Waals surface area contributed by atoms with E-state index in [2.05, 4.69) is 15.7 Å². The molecule has 2 heterocycles. The van der Waals surface area contributed by atoms with Crippen LogP contribution in [0.2, 0.25) is 5.02 Å². The van der Waals surface area contributed by atoms with Crippen LogP contribution in [0.5, 0.6) is 0 Å². The van der Waals surface area contributed by atoms with E-state index in [0.717, 1.165) is 28.6 Å². The number of benzene rings is 3. The quantitative estimate of drug-likeness (QED) is 0.304. The number of anilines is 2. The molecule has 1 aliphatic rings. The Labute approximate surface area is 216 Å². The van der Waals surface area contributed by atoms with Crippen molar-refractivity contribution in [1.29, 1.82) is 0 Å². The van der Waals surface area contributed by atoms with Gasteiger partial charge in [-0.25, -0.2) is 5.01 Å². The standard InChI is InChI=1S/C27H21ClN4O3S/c28-21-8-4-5-9-22(21)36-25-26(34)31-32(27(25)35)24(17-6-2-1-3-7-17)18-10-12-19(13-11-18)30-20-14-15-29-23(33)16-20/h1-16,24-25H,(H,31,34)(H2,29,30,33). The molecule has 2 unspecified atom stereocenters. The van der Waals surface area contributed by atoms with Gasteiger partial charge in [0.1, 0.15) is 6.04 Å². The number of halogens is 1. The first-order valence-corrected chi connectivity index (χ1v) is 12.4. The summed E-state index contributed by atoms with van der Waals surface area (Å²) in [6.07, 6.45) is 1.57. The van der Waals surface area contributed by atoms with E-state index in [1.165, 1.54) is 11.1 Å². The molecule has 2 amide bonds. The van der Waals surface area contributed by atoms with Crippen LogP contribution in [0.3, 0.4) is 0 Å². The minimum Gasteiger partial charge on any atom is -0.355 e. The zero-order chi connectivity index (χ0) is 25.1. The number of hydrogen-bond acceptors (Lipinski definition) is 5. The fourth-order valence-electron chi connectivity index (χ4n) is 4.00. The van der Waals surface area contributed by atoms with Crippen molar-refractivity contribution in [3.63, 3.8) is 0 Å². The number of carbonyl (C=O) groups is 2. The lowest BCUT2D eigenvalue weighted by Crippen LogP contribution is -2.39. The van der Waals surface area contributed by atoms with Gasteiger partial charge in [0, 0.05) is 28.5 Å². The Morgan fingerprint density at radius 2 is 1.53 bits per heavy atom. The Balaban J connectivity index is 1.43. The molecule has 5 rings (SSSR count). The maximum absolute atomic E-state index is 13.5. The lowest BCUT2D eigenvalue weighted by molar-refractivity contribution is -0.131. The molecule has 36 heavy (non-hydrogen) atoms. The number of carbonyl (C=O) groups excluding carboxylic acids is 2. The van der Waals surface area contributed by atoms with Gasteiger partial charge in [-0.1, -0.05) is 66.2 Å². The average Bonchev–Trinajstić information content (AvgIpc) is 3.15. The van der Waals surface area contributed by atoms with Crippen LogP contribution in [0.25, 0.3) is 0 Å². The van der Waals surface area contributed by atoms with Crippen molar-refractivity contribution in [2.75, 3.05) is 5.32 Å². The predicted molar refractivity (Wildman–Crippen MR) is 141 cm³/mol. The first-order chi connectivity index (χ1) is 17.5. The lowest BCUT2D eigenvalue weighted by Gasteiger charge is -2.28.